The smallest absolute Gasteiger partial charge is 0.247 e. The molecule has 1 aliphatic rings. The number of fused-ring (bicyclic) bond motifs is 1. The first-order valence-corrected chi connectivity index (χ1v) is 11.3. The Bertz CT molecular complexity index is 1420. The third kappa shape index (κ3) is 4.54. The van der Waals surface area contributed by atoms with Gasteiger partial charge in [-0.15, -0.1) is 0 Å². The zero-order valence-electron chi connectivity index (χ0n) is 18.9. The summed E-state index contributed by atoms with van der Waals surface area (Å²) in [7, 11) is 0. The summed E-state index contributed by atoms with van der Waals surface area (Å²) >= 11 is 0. The van der Waals surface area contributed by atoms with E-state index in [1.165, 1.54) is 18.5 Å². The number of nitrogen functional groups attached to an aromatic ring is 1. The summed E-state index contributed by atoms with van der Waals surface area (Å²) < 4.78 is 7.69. The number of aromatic nitrogens is 4. The van der Waals surface area contributed by atoms with Gasteiger partial charge in [0.1, 0.15) is 29.3 Å². The van der Waals surface area contributed by atoms with Gasteiger partial charge in [0.2, 0.25) is 5.91 Å². The quantitative estimate of drug-likeness (QED) is 0.338. The van der Waals surface area contributed by atoms with E-state index in [-0.39, 0.29) is 11.9 Å². The SMILES string of the molecule is N#C/C=C\C(=O)N1CCC[C@@H]1Cn1nc(-c2ccc(Oc3ccccc3)cc2)c2c(N)ncnc21. The van der Waals surface area contributed by atoms with Crippen molar-refractivity contribution in [3.8, 4) is 28.8 Å². The fraction of sp³-hybridized carbons (Fsp3) is 0.192. The number of nitrogens with zero attached hydrogens (tertiary/aromatic N) is 6. The van der Waals surface area contributed by atoms with E-state index in [2.05, 4.69) is 9.97 Å². The van der Waals surface area contributed by atoms with Gasteiger partial charge in [0.25, 0.3) is 0 Å². The number of likely N-dealkylation sites (tertiary alicyclic amines) is 1. The number of anilines is 1. The molecule has 2 aromatic heterocycles. The third-order valence-corrected chi connectivity index (χ3v) is 6.01. The molecule has 174 valence electrons. The molecule has 1 fully saturated rings. The number of rotatable bonds is 6. The van der Waals surface area contributed by atoms with E-state index in [0.29, 0.717) is 41.4 Å². The Hall–Kier alpha value is -4.71. The predicted octanol–water partition coefficient (Wildman–Crippen LogP) is 3.94. The van der Waals surface area contributed by atoms with Crippen molar-refractivity contribution in [1.82, 2.24) is 24.6 Å². The van der Waals surface area contributed by atoms with E-state index < -0.39 is 0 Å². The first-order valence-electron chi connectivity index (χ1n) is 11.3. The molecule has 4 aromatic rings. The molecule has 2 N–H and O–H groups in total. The first kappa shape index (κ1) is 22.1. The monoisotopic (exact) mass is 465 g/mol. The van der Waals surface area contributed by atoms with Crippen LogP contribution in [-0.2, 0) is 11.3 Å². The van der Waals surface area contributed by atoms with Crippen molar-refractivity contribution in [1.29, 1.82) is 5.26 Å². The van der Waals surface area contributed by atoms with Crippen LogP contribution < -0.4 is 10.5 Å². The van der Waals surface area contributed by atoms with Gasteiger partial charge in [-0.25, -0.2) is 14.6 Å². The van der Waals surface area contributed by atoms with Crippen molar-refractivity contribution in [2.24, 2.45) is 0 Å². The second-order valence-corrected chi connectivity index (χ2v) is 8.22. The molecule has 0 bridgehead atoms. The Kier molecular flexibility index (Phi) is 6.09. The molecule has 0 spiro atoms. The van der Waals surface area contributed by atoms with Crippen LogP contribution in [0.4, 0.5) is 5.82 Å². The van der Waals surface area contributed by atoms with Gasteiger partial charge in [-0.05, 0) is 49.2 Å². The number of nitrogens with two attached hydrogens (primary N) is 1. The van der Waals surface area contributed by atoms with E-state index >= 15 is 0 Å². The summed E-state index contributed by atoms with van der Waals surface area (Å²) in [5.41, 5.74) is 8.38. The predicted molar refractivity (Wildman–Crippen MR) is 131 cm³/mol. The fourth-order valence-corrected chi connectivity index (χ4v) is 4.38. The number of hydrogen-bond donors (Lipinski definition) is 1. The number of ether oxygens (including phenoxy) is 1. The van der Waals surface area contributed by atoms with E-state index in [1.807, 2.05) is 60.7 Å². The van der Waals surface area contributed by atoms with Gasteiger partial charge < -0.3 is 15.4 Å². The zero-order chi connectivity index (χ0) is 24.2. The van der Waals surface area contributed by atoms with Crippen molar-refractivity contribution in [3.63, 3.8) is 0 Å². The molecule has 9 nitrogen and oxygen atoms in total. The molecule has 3 heterocycles. The van der Waals surface area contributed by atoms with Crippen LogP contribution in [0.3, 0.4) is 0 Å². The van der Waals surface area contributed by atoms with Gasteiger partial charge in [0.15, 0.2) is 5.65 Å². The summed E-state index contributed by atoms with van der Waals surface area (Å²) in [6.45, 7) is 1.11. The molecule has 5 rings (SSSR count). The standard InChI is InChI=1S/C26H23N7O2/c27-14-4-9-22(34)32-15-5-6-19(32)16-33-26-23(25(28)29-17-30-26)24(31-33)18-10-12-21(13-11-18)35-20-7-2-1-3-8-20/h1-4,7-13,17,19H,5-6,15-16H2,(H2,28,29,30)/b9-4-/t19-/m1/s1. The van der Waals surface area contributed by atoms with Gasteiger partial charge in [-0.3, -0.25) is 4.79 Å². The fourth-order valence-electron chi connectivity index (χ4n) is 4.38. The summed E-state index contributed by atoms with van der Waals surface area (Å²) in [6.07, 6.45) is 5.67. The van der Waals surface area contributed by atoms with Crippen LogP contribution in [-0.4, -0.2) is 43.1 Å². The molecule has 0 radical (unpaired) electrons. The van der Waals surface area contributed by atoms with Crippen LogP contribution in [0.25, 0.3) is 22.3 Å². The minimum atomic E-state index is -0.172. The maximum Gasteiger partial charge on any atom is 0.247 e. The Morgan fingerprint density at radius 3 is 2.69 bits per heavy atom. The molecule has 1 aliphatic heterocycles. The lowest BCUT2D eigenvalue weighted by Gasteiger charge is -2.23. The summed E-state index contributed by atoms with van der Waals surface area (Å²) in [4.78, 5) is 22.9. The van der Waals surface area contributed by atoms with E-state index in [0.717, 1.165) is 24.2 Å². The number of hydrogen-bond acceptors (Lipinski definition) is 7. The maximum atomic E-state index is 12.5. The van der Waals surface area contributed by atoms with Gasteiger partial charge in [-0.1, -0.05) is 18.2 Å². The largest absolute Gasteiger partial charge is 0.457 e. The minimum Gasteiger partial charge on any atom is -0.457 e. The lowest BCUT2D eigenvalue weighted by Crippen LogP contribution is -2.37. The molecular formula is C26H23N7O2. The number of allylic oxidation sites excluding steroid dienone is 1. The molecule has 1 atom stereocenters. The zero-order valence-corrected chi connectivity index (χ0v) is 18.9. The lowest BCUT2D eigenvalue weighted by atomic mass is 10.1. The van der Waals surface area contributed by atoms with Crippen LogP contribution in [0.5, 0.6) is 11.5 Å². The highest BCUT2D eigenvalue weighted by Crippen LogP contribution is 2.32. The number of carbonyl (C=O) groups is 1. The summed E-state index contributed by atoms with van der Waals surface area (Å²) in [5.74, 6) is 1.64. The van der Waals surface area contributed by atoms with Gasteiger partial charge >= 0.3 is 0 Å². The average molecular weight is 466 g/mol. The van der Waals surface area contributed by atoms with Crippen molar-refractivity contribution < 1.29 is 9.53 Å². The van der Waals surface area contributed by atoms with Crippen LogP contribution in [0, 0.1) is 11.3 Å². The highest BCUT2D eigenvalue weighted by Gasteiger charge is 2.29. The number of amides is 1. The van der Waals surface area contributed by atoms with Crippen molar-refractivity contribution in [3.05, 3.63) is 73.1 Å². The highest BCUT2D eigenvalue weighted by atomic mass is 16.5. The van der Waals surface area contributed by atoms with Gasteiger partial charge in [0, 0.05) is 24.3 Å². The molecule has 0 aliphatic carbocycles. The second-order valence-electron chi connectivity index (χ2n) is 8.22. The first-order chi connectivity index (χ1) is 17.1. The highest BCUT2D eigenvalue weighted by molar-refractivity contribution is 5.98. The van der Waals surface area contributed by atoms with Crippen molar-refractivity contribution in [2.75, 3.05) is 12.3 Å². The van der Waals surface area contributed by atoms with E-state index in [9.17, 15) is 4.79 Å². The molecule has 1 amide bonds. The third-order valence-electron chi connectivity index (χ3n) is 6.01. The van der Waals surface area contributed by atoms with Crippen molar-refractivity contribution in [2.45, 2.75) is 25.4 Å². The molecular weight excluding hydrogens is 442 g/mol. The maximum absolute atomic E-state index is 12.5. The van der Waals surface area contributed by atoms with Gasteiger partial charge in [0.05, 0.1) is 24.0 Å². The Labute approximate surface area is 202 Å². The van der Waals surface area contributed by atoms with Crippen LogP contribution in [0.1, 0.15) is 12.8 Å². The number of nitriles is 1. The minimum absolute atomic E-state index is 0.0559. The Balaban J connectivity index is 1.45. The van der Waals surface area contributed by atoms with E-state index in [4.69, 9.17) is 20.8 Å². The molecule has 0 saturated carbocycles. The van der Waals surface area contributed by atoms with Crippen molar-refractivity contribution >= 4 is 22.8 Å². The topological polar surface area (TPSA) is 123 Å². The molecule has 2 aromatic carbocycles. The average Bonchev–Trinajstić information content (AvgIpc) is 3.50. The van der Waals surface area contributed by atoms with Crippen LogP contribution in [0.15, 0.2) is 73.1 Å². The Morgan fingerprint density at radius 2 is 1.91 bits per heavy atom. The lowest BCUT2D eigenvalue weighted by molar-refractivity contribution is -0.127. The van der Waals surface area contributed by atoms with Crippen LogP contribution in [0.2, 0.25) is 0 Å². The molecule has 9 heteroatoms. The summed E-state index contributed by atoms with van der Waals surface area (Å²) in [6, 6.07) is 19.0. The number of para-hydroxylation sites is 1. The molecule has 35 heavy (non-hydrogen) atoms. The second kappa shape index (κ2) is 9.65. The Morgan fingerprint density at radius 1 is 1.14 bits per heavy atom. The number of benzene rings is 2. The summed E-state index contributed by atoms with van der Waals surface area (Å²) in [5, 5.41) is 14.3. The normalized spacial score (nSPS) is 15.5. The van der Waals surface area contributed by atoms with E-state index in [1.54, 1.807) is 9.58 Å². The molecule has 0 unspecified atom stereocenters. The molecule has 1 saturated heterocycles. The van der Waals surface area contributed by atoms with Crippen LogP contribution >= 0.6 is 0 Å². The number of carbonyl (C=O) groups excluding carboxylic acids is 1. The van der Waals surface area contributed by atoms with Gasteiger partial charge in [-0.2, -0.15) is 10.4 Å².